The number of alkyl halides is 3. The van der Waals surface area contributed by atoms with E-state index in [1.807, 2.05) is 0 Å². The maximum Gasteiger partial charge on any atom is 0.189 e. The summed E-state index contributed by atoms with van der Waals surface area (Å²) in [6.45, 7) is 0. The van der Waals surface area contributed by atoms with E-state index < -0.39 is 13.6 Å². The smallest absolute Gasteiger partial charge is 0.189 e. The summed E-state index contributed by atoms with van der Waals surface area (Å²) in [5, 5.41) is 0. The van der Waals surface area contributed by atoms with Gasteiger partial charge in [-0.25, -0.2) is 0 Å². The van der Waals surface area contributed by atoms with E-state index in [0.29, 0.717) is 6.04 Å². The third-order valence-electron chi connectivity index (χ3n) is 0.590. The molecule has 0 aromatic heterocycles. The standard InChI is InChI=1S/C3H7Cl3OSi/c1-7-8-2-3(4,5)6/h2,8H2,1H3. The fourth-order valence-corrected chi connectivity index (χ4v) is 1.35. The van der Waals surface area contributed by atoms with E-state index in [9.17, 15) is 0 Å². The topological polar surface area (TPSA) is 9.23 Å². The van der Waals surface area contributed by atoms with Crippen LogP contribution in [-0.2, 0) is 4.43 Å². The fourth-order valence-electron chi connectivity index (χ4n) is 0.218. The van der Waals surface area contributed by atoms with Crippen LogP contribution in [0.1, 0.15) is 0 Å². The first-order chi connectivity index (χ1) is 3.56. The lowest BCUT2D eigenvalue weighted by Crippen LogP contribution is -2.07. The van der Waals surface area contributed by atoms with Gasteiger partial charge in [0.15, 0.2) is 13.6 Å². The molecule has 5 heteroatoms. The molecule has 0 amide bonds. The lowest BCUT2D eigenvalue weighted by atomic mass is 10.9. The summed E-state index contributed by atoms with van der Waals surface area (Å²) in [6, 6.07) is 0.578. The minimum Gasteiger partial charge on any atom is -0.427 e. The molecule has 0 N–H and O–H groups in total. The molecule has 0 heterocycles. The van der Waals surface area contributed by atoms with Gasteiger partial charge in [0.2, 0.25) is 0 Å². The molecule has 8 heavy (non-hydrogen) atoms. The molecule has 0 aliphatic carbocycles. The van der Waals surface area contributed by atoms with Crippen LogP contribution >= 0.6 is 34.8 Å². The maximum atomic E-state index is 5.40. The SMILES string of the molecule is CO[SiH2]CC(Cl)(Cl)Cl. The van der Waals surface area contributed by atoms with Crippen molar-refractivity contribution in [2.45, 2.75) is 9.84 Å². The predicted molar refractivity (Wildman–Crippen MR) is 40.7 cm³/mol. The van der Waals surface area contributed by atoms with Crippen molar-refractivity contribution in [1.82, 2.24) is 0 Å². The molecular weight excluding hydrogens is 186 g/mol. The van der Waals surface area contributed by atoms with Crippen LogP contribution in [0.4, 0.5) is 0 Å². The second-order valence-corrected chi connectivity index (χ2v) is 5.36. The van der Waals surface area contributed by atoms with Crippen molar-refractivity contribution in [2.24, 2.45) is 0 Å². The fraction of sp³-hybridized carbons (Fsp3) is 1.00. The molecule has 0 radical (unpaired) electrons. The van der Waals surface area contributed by atoms with E-state index in [2.05, 4.69) is 0 Å². The molecular formula is C3H7Cl3OSi. The largest absolute Gasteiger partial charge is 0.427 e. The summed E-state index contributed by atoms with van der Waals surface area (Å²) in [5.41, 5.74) is 0. The van der Waals surface area contributed by atoms with Crippen molar-refractivity contribution in [3.63, 3.8) is 0 Å². The predicted octanol–water partition coefficient (Wildman–Crippen LogP) is 1.51. The molecule has 0 saturated heterocycles. The highest BCUT2D eigenvalue weighted by Gasteiger charge is 2.18. The third kappa shape index (κ3) is 7.05. The quantitative estimate of drug-likeness (QED) is 0.477. The molecule has 0 rings (SSSR count). The Labute approximate surface area is 66.2 Å². The van der Waals surface area contributed by atoms with Crippen LogP contribution in [0.2, 0.25) is 6.04 Å². The van der Waals surface area contributed by atoms with Crippen LogP contribution in [0.15, 0.2) is 0 Å². The summed E-state index contributed by atoms with van der Waals surface area (Å²) in [5.74, 6) is 0. The number of hydrogen-bond acceptors (Lipinski definition) is 1. The molecule has 0 aliphatic heterocycles. The van der Waals surface area contributed by atoms with E-state index >= 15 is 0 Å². The van der Waals surface area contributed by atoms with E-state index in [1.165, 1.54) is 0 Å². The first-order valence-corrected chi connectivity index (χ1v) is 4.83. The van der Waals surface area contributed by atoms with E-state index in [1.54, 1.807) is 7.11 Å². The van der Waals surface area contributed by atoms with Gasteiger partial charge >= 0.3 is 0 Å². The normalized spacial score (nSPS) is 13.5. The van der Waals surface area contributed by atoms with Crippen LogP contribution in [0.3, 0.4) is 0 Å². The number of rotatable bonds is 2. The van der Waals surface area contributed by atoms with Gasteiger partial charge in [0.05, 0.1) is 0 Å². The molecule has 0 aliphatic rings. The number of hydrogen-bond donors (Lipinski definition) is 0. The summed E-state index contributed by atoms with van der Waals surface area (Å²) < 4.78 is 3.71. The second-order valence-electron chi connectivity index (χ2n) is 1.36. The van der Waals surface area contributed by atoms with Gasteiger partial charge in [-0.1, -0.05) is 34.8 Å². The highest BCUT2D eigenvalue weighted by atomic mass is 35.6. The summed E-state index contributed by atoms with van der Waals surface area (Å²) in [4.78, 5) is 0. The van der Waals surface area contributed by atoms with Crippen molar-refractivity contribution in [1.29, 1.82) is 0 Å². The Hall–Kier alpha value is 1.05. The molecule has 0 aromatic carbocycles. The number of halogens is 3. The van der Waals surface area contributed by atoms with E-state index in [-0.39, 0.29) is 0 Å². The van der Waals surface area contributed by atoms with Gasteiger partial charge in [-0.15, -0.1) is 0 Å². The van der Waals surface area contributed by atoms with Crippen molar-refractivity contribution in [2.75, 3.05) is 7.11 Å². The lowest BCUT2D eigenvalue weighted by molar-refractivity contribution is 0.441. The second kappa shape index (κ2) is 3.96. The zero-order valence-electron chi connectivity index (χ0n) is 4.46. The minimum absolute atomic E-state index is 0.578. The Kier molecular flexibility index (Phi) is 4.48. The zero-order valence-corrected chi connectivity index (χ0v) is 8.14. The van der Waals surface area contributed by atoms with Crippen molar-refractivity contribution in [3.05, 3.63) is 0 Å². The Morgan fingerprint density at radius 3 is 2.12 bits per heavy atom. The summed E-state index contributed by atoms with van der Waals surface area (Å²) >= 11 is 16.2. The van der Waals surface area contributed by atoms with E-state index in [0.717, 1.165) is 0 Å². The molecule has 0 aromatic rings. The highest BCUT2D eigenvalue weighted by Crippen LogP contribution is 2.29. The van der Waals surface area contributed by atoms with Gasteiger partial charge in [0, 0.05) is 13.2 Å². The average molecular weight is 194 g/mol. The van der Waals surface area contributed by atoms with Gasteiger partial charge in [-0.2, -0.15) is 0 Å². The molecule has 1 nitrogen and oxygen atoms in total. The monoisotopic (exact) mass is 192 g/mol. The Morgan fingerprint density at radius 1 is 1.50 bits per heavy atom. The van der Waals surface area contributed by atoms with Crippen LogP contribution in [0.25, 0.3) is 0 Å². The molecule has 0 bridgehead atoms. The lowest BCUT2D eigenvalue weighted by Gasteiger charge is -2.07. The molecule has 0 fully saturated rings. The maximum absolute atomic E-state index is 5.40. The zero-order chi connectivity index (χ0) is 6.62. The molecule has 0 unspecified atom stereocenters. The van der Waals surface area contributed by atoms with Crippen LogP contribution in [-0.4, -0.2) is 20.7 Å². The van der Waals surface area contributed by atoms with E-state index in [4.69, 9.17) is 39.2 Å². The summed E-state index contributed by atoms with van der Waals surface area (Å²) in [6.07, 6.45) is 0. The average Bonchev–Trinajstić information content (AvgIpc) is 1.59. The molecule has 0 atom stereocenters. The third-order valence-corrected chi connectivity index (χ3v) is 3.47. The van der Waals surface area contributed by atoms with Gasteiger partial charge in [0.1, 0.15) is 0 Å². The van der Waals surface area contributed by atoms with Gasteiger partial charge in [0.25, 0.3) is 0 Å². The van der Waals surface area contributed by atoms with Gasteiger partial charge in [-0.3, -0.25) is 0 Å². The first kappa shape index (κ1) is 9.05. The van der Waals surface area contributed by atoms with Crippen molar-refractivity contribution in [3.8, 4) is 0 Å². The van der Waals surface area contributed by atoms with Crippen molar-refractivity contribution < 1.29 is 4.43 Å². The van der Waals surface area contributed by atoms with Crippen LogP contribution < -0.4 is 0 Å². The van der Waals surface area contributed by atoms with Gasteiger partial charge < -0.3 is 4.43 Å². The van der Waals surface area contributed by atoms with Crippen LogP contribution in [0, 0.1) is 0 Å². The summed E-state index contributed by atoms with van der Waals surface area (Å²) in [7, 11) is 1.05. The molecule has 50 valence electrons. The van der Waals surface area contributed by atoms with Crippen LogP contribution in [0.5, 0.6) is 0 Å². The Balaban J connectivity index is 3.11. The molecule has 0 saturated carbocycles. The minimum atomic E-state index is -1.10. The van der Waals surface area contributed by atoms with Crippen molar-refractivity contribution >= 4 is 44.6 Å². The van der Waals surface area contributed by atoms with Gasteiger partial charge in [-0.05, 0) is 0 Å². The Bertz CT molecular complexity index is 62.0. The first-order valence-electron chi connectivity index (χ1n) is 2.12. The molecule has 0 spiro atoms. The highest BCUT2D eigenvalue weighted by molar-refractivity contribution is 6.69. The Morgan fingerprint density at radius 2 is 2.00 bits per heavy atom.